The number of benzene rings is 1. The summed E-state index contributed by atoms with van der Waals surface area (Å²) in [7, 11) is 0. The van der Waals surface area contributed by atoms with Crippen molar-refractivity contribution in [2.24, 2.45) is 11.8 Å². The normalized spacial score (nSPS) is 38.6. The van der Waals surface area contributed by atoms with Crippen molar-refractivity contribution in [1.82, 2.24) is 10.6 Å². The van der Waals surface area contributed by atoms with Crippen molar-refractivity contribution >= 4 is 17.7 Å². The summed E-state index contributed by atoms with van der Waals surface area (Å²) in [6.07, 6.45) is -1.25. The fraction of sp³-hybridized carbons (Fsp3) is 0.731. The Bertz CT molecular complexity index is 853. The third-order valence-electron chi connectivity index (χ3n) is 7.81. The molecule has 0 radical (unpaired) electrons. The standard InChI is InChI=1S/C26H40N2O6S/c1-13(2)18(24-21(30)20(29)22(31)26(34-24)35-4)28-25(32)19-23-17(12-27-19)11-16(9-10-33-23)15-7-5-14(3)6-8-15/h5-8,13,16-24,26-27,29-31H,9-12H2,1-4H3,(H,28,32)/t16-,17-,18+,19-,20?,21?,22+,23+,24+,26?/m0/s1. The summed E-state index contributed by atoms with van der Waals surface area (Å²) in [5.74, 6) is 0.370. The number of carbonyl (C=O) groups excluding carboxylic acids is 1. The van der Waals surface area contributed by atoms with Gasteiger partial charge in [-0.05, 0) is 43.4 Å². The zero-order valence-electron chi connectivity index (χ0n) is 21.0. The quantitative estimate of drug-likeness (QED) is 0.388. The molecule has 3 heterocycles. The first-order chi connectivity index (χ1) is 16.7. The second-order valence-electron chi connectivity index (χ2n) is 10.6. The fourth-order valence-corrected chi connectivity index (χ4v) is 6.37. The zero-order valence-corrected chi connectivity index (χ0v) is 21.8. The van der Waals surface area contributed by atoms with Gasteiger partial charge in [0.05, 0.1) is 12.1 Å². The van der Waals surface area contributed by atoms with Crippen LogP contribution < -0.4 is 10.6 Å². The van der Waals surface area contributed by atoms with E-state index in [4.69, 9.17) is 9.47 Å². The van der Waals surface area contributed by atoms with Crippen LogP contribution in [0.5, 0.6) is 0 Å². The largest absolute Gasteiger partial charge is 0.388 e. The van der Waals surface area contributed by atoms with Gasteiger partial charge in [-0.15, -0.1) is 11.8 Å². The third-order valence-corrected chi connectivity index (χ3v) is 8.66. The maximum absolute atomic E-state index is 13.5. The number of fused-ring (bicyclic) bond motifs is 1. The van der Waals surface area contributed by atoms with Gasteiger partial charge in [0, 0.05) is 19.1 Å². The number of hydrogen-bond donors (Lipinski definition) is 5. The average Bonchev–Trinajstić information content (AvgIpc) is 3.12. The Kier molecular flexibility index (Phi) is 8.79. The van der Waals surface area contributed by atoms with Gasteiger partial charge in [0.1, 0.15) is 35.9 Å². The number of ether oxygens (including phenoxy) is 2. The molecule has 196 valence electrons. The lowest BCUT2D eigenvalue weighted by Gasteiger charge is -2.44. The first kappa shape index (κ1) is 26.9. The van der Waals surface area contributed by atoms with Crippen LogP contribution in [0.4, 0.5) is 0 Å². The minimum absolute atomic E-state index is 0.0679. The van der Waals surface area contributed by atoms with Crippen LogP contribution in [0.2, 0.25) is 0 Å². The number of aliphatic hydroxyl groups is 3. The lowest BCUT2D eigenvalue weighted by atomic mass is 9.85. The highest BCUT2D eigenvalue weighted by molar-refractivity contribution is 7.99. The molecule has 35 heavy (non-hydrogen) atoms. The van der Waals surface area contributed by atoms with E-state index in [9.17, 15) is 20.1 Å². The average molecular weight is 509 g/mol. The monoisotopic (exact) mass is 508 g/mol. The number of rotatable bonds is 6. The van der Waals surface area contributed by atoms with Crippen molar-refractivity contribution < 1.29 is 29.6 Å². The number of aryl methyl sites for hydroxylation is 1. The van der Waals surface area contributed by atoms with Gasteiger partial charge < -0.3 is 35.4 Å². The van der Waals surface area contributed by atoms with Crippen LogP contribution in [-0.2, 0) is 14.3 Å². The predicted molar refractivity (Wildman–Crippen MR) is 135 cm³/mol. The molecule has 8 nitrogen and oxygen atoms in total. The molecule has 0 spiro atoms. The summed E-state index contributed by atoms with van der Waals surface area (Å²) >= 11 is 1.26. The minimum Gasteiger partial charge on any atom is -0.388 e. The van der Waals surface area contributed by atoms with Gasteiger partial charge in [-0.1, -0.05) is 43.7 Å². The highest BCUT2D eigenvalue weighted by atomic mass is 32.2. The molecule has 10 atom stereocenters. The van der Waals surface area contributed by atoms with Crippen molar-refractivity contribution in [2.45, 2.75) is 87.6 Å². The van der Waals surface area contributed by atoms with Gasteiger partial charge >= 0.3 is 0 Å². The van der Waals surface area contributed by atoms with Gasteiger partial charge in [0.2, 0.25) is 5.91 Å². The summed E-state index contributed by atoms with van der Waals surface area (Å²) in [5.41, 5.74) is 1.88. The van der Waals surface area contributed by atoms with Gasteiger partial charge in [0.15, 0.2) is 0 Å². The molecule has 0 bridgehead atoms. The molecule has 3 unspecified atom stereocenters. The summed E-state index contributed by atoms with van der Waals surface area (Å²) in [5, 5.41) is 37.7. The van der Waals surface area contributed by atoms with Crippen molar-refractivity contribution in [3.8, 4) is 0 Å². The molecule has 9 heteroatoms. The Morgan fingerprint density at radius 3 is 2.51 bits per heavy atom. The van der Waals surface area contributed by atoms with Crippen molar-refractivity contribution in [3.05, 3.63) is 35.4 Å². The zero-order chi connectivity index (χ0) is 25.3. The van der Waals surface area contributed by atoms with E-state index < -0.39 is 41.9 Å². The van der Waals surface area contributed by atoms with E-state index in [0.29, 0.717) is 19.1 Å². The first-order valence-corrected chi connectivity index (χ1v) is 13.9. The molecule has 3 aliphatic heterocycles. The fourth-order valence-electron chi connectivity index (χ4n) is 5.69. The smallest absolute Gasteiger partial charge is 0.240 e. The Labute approximate surface area is 212 Å². The minimum atomic E-state index is -1.35. The lowest BCUT2D eigenvalue weighted by Crippen LogP contribution is -2.65. The van der Waals surface area contributed by atoms with Crippen LogP contribution >= 0.6 is 11.8 Å². The molecule has 0 saturated carbocycles. The number of nitrogens with one attached hydrogen (secondary N) is 2. The van der Waals surface area contributed by atoms with Gasteiger partial charge in [-0.3, -0.25) is 4.79 Å². The Morgan fingerprint density at radius 1 is 1.14 bits per heavy atom. The van der Waals surface area contributed by atoms with Gasteiger partial charge in [0.25, 0.3) is 0 Å². The topological polar surface area (TPSA) is 120 Å². The molecule has 3 fully saturated rings. The second-order valence-corrected chi connectivity index (χ2v) is 11.5. The van der Waals surface area contributed by atoms with E-state index in [2.05, 4.69) is 41.8 Å². The molecular formula is C26H40N2O6S. The molecule has 5 N–H and O–H groups in total. The Hall–Kier alpha value is -1.20. The number of aliphatic hydroxyl groups excluding tert-OH is 3. The first-order valence-electron chi connectivity index (χ1n) is 12.7. The molecule has 1 aromatic carbocycles. The second kappa shape index (κ2) is 11.5. The Balaban J connectivity index is 1.44. The van der Waals surface area contributed by atoms with Crippen molar-refractivity contribution in [3.63, 3.8) is 0 Å². The molecule has 0 aromatic heterocycles. The van der Waals surface area contributed by atoms with Crippen LogP contribution in [0.15, 0.2) is 24.3 Å². The number of amides is 1. The predicted octanol–water partition coefficient (Wildman–Crippen LogP) is 1.16. The van der Waals surface area contributed by atoms with Gasteiger partial charge in [-0.25, -0.2) is 0 Å². The van der Waals surface area contributed by atoms with E-state index in [1.54, 1.807) is 6.26 Å². The number of hydrogen-bond acceptors (Lipinski definition) is 8. The maximum Gasteiger partial charge on any atom is 0.240 e. The van der Waals surface area contributed by atoms with Crippen LogP contribution in [0.3, 0.4) is 0 Å². The molecule has 3 saturated heterocycles. The highest BCUT2D eigenvalue weighted by Gasteiger charge is 2.49. The number of thioether (sulfide) groups is 1. The summed E-state index contributed by atoms with van der Waals surface area (Å²) in [6, 6.07) is 7.65. The van der Waals surface area contributed by atoms with E-state index in [-0.39, 0.29) is 23.8 Å². The van der Waals surface area contributed by atoms with E-state index in [0.717, 1.165) is 12.8 Å². The molecule has 4 rings (SSSR count). The van der Waals surface area contributed by atoms with Crippen LogP contribution in [0.25, 0.3) is 0 Å². The SMILES string of the molecule is CSC1O[C@H]([C@H](NC(=O)[C@H]2NC[C@@H]3C[C@@H](c4ccc(C)cc4)CCO[C@H]32)C(C)C)C(O)C(O)[C@H]1O. The summed E-state index contributed by atoms with van der Waals surface area (Å²) in [4.78, 5) is 13.5. The maximum atomic E-state index is 13.5. The van der Waals surface area contributed by atoms with Crippen LogP contribution in [-0.4, -0.2) is 88.7 Å². The van der Waals surface area contributed by atoms with Crippen molar-refractivity contribution in [1.29, 1.82) is 0 Å². The summed E-state index contributed by atoms with van der Waals surface area (Å²) < 4.78 is 12.2. The molecule has 1 amide bonds. The molecule has 1 aromatic rings. The van der Waals surface area contributed by atoms with Crippen LogP contribution in [0, 0.1) is 18.8 Å². The molecule has 0 aliphatic carbocycles. The van der Waals surface area contributed by atoms with Gasteiger partial charge in [-0.2, -0.15) is 0 Å². The van der Waals surface area contributed by atoms with E-state index >= 15 is 0 Å². The van der Waals surface area contributed by atoms with E-state index in [1.165, 1.54) is 22.9 Å². The third kappa shape index (κ3) is 5.71. The highest BCUT2D eigenvalue weighted by Crippen LogP contribution is 2.36. The lowest BCUT2D eigenvalue weighted by molar-refractivity contribution is -0.208. The Morgan fingerprint density at radius 2 is 1.86 bits per heavy atom. The number of carbonyl (C=O) groups is 1. The molecule has 3 aliphatic rings. The summed E-state index contributed by atoms with van der Waals surface area (Å²) in [6.45, 7) is 7.27. The van der Waals surface area contributed by atoms with Crippen LogP contribution in [0.1, 0.15) is 43.7 Å². The van der Waals surface area contributed by atoms with Crippen molar-refractivity contribution in [2.75, 3.05) is 19.4 Å². The van der Waals surface area contributed by atoms with E-state index in [1.807, 2.05) is 13.8 Å². The molecular weight excluding hydrogens is 468 g/mol.